The zero-order valence-electron chi connectivity index (χ0n) is 12.3. The van der Waals surface area contributed by atoms with Gasteiger partial charge in [-0.05, 0) is 31.6 Å². The van der Waals surface area contributed by atoms with Crippen molar-refractivity contribution in [3.05, 3.63) is 12.2 Å². The van der Waals surface area contributed by atoms with E-state index in [1.54, 1.807) is 7.11 Å². The molecule has 1 aliphatic heterocycles. The summed E-state index contributed by atoms with van der Waals surface area (Å²) >= 11 is 0. The van der Waals surface area contributed by atoms with Gasteiger partial charge in [-0.3, -0.25) is 4.99 Å². The average Bonchev–Trinajstić information content (AvgIpc) is 2.90. The summed E-state index contributed by atoms with van der Waals surface area (Å²) in [6.45, 7) is 4.07. The van der Waals surface area contributed by atoms with Crippen LogP contribution in [0.15, 0.2) is 17.1 Å². The van der Waals surface area contributed by atoms with E-state index in [1.807, 2.05) is 7.05 Å². The first-order chi connectivity index (χ1) is 9.33. The van der Waals surface area contributed by atoms with Crippen molar-refractivity contribution in [2.24, 2.45) is 16.8 Å². The van der Waals surface area contributed by atoms with E-state index in [0.717, 1.165) is 38.1 Å². The summed E-state index contributed by atoms with van der Waals surface area (Å²) in [6, 6.07) is 0. The van der Waals surface area contributed by atoms with E-state index in [1.165, 1.54) is 25.7 Å². The molecule has 0 aromatic rings. The van der Waals surface area contributed by atoms with Crippen molar-refractivity contribution in [3.63, 3.8) is 0 Å². The normalized spacial score (nSPS) is 27.9. The van der Waals surface area contributed by atoms with Gasteiger partial charge in [-0.1, -0.05) is 12.2 Å². The van der Waals surface area contributed by atoms with Gasteiger partial charge in [0.1, 0.15) is 0 Å². The van der Waals surface area contributed by atoms with Crippen LogP contribution in [-0.4, -0.2) is 51.3 Å². The molecular weight excluding hydrogens is 238 g/mol. The highest BCUT2D eigenvalue weighted by Gasteiger charge is 2.25. The Balaban J connectivity index is 1.76. The molecule has 1 saturated heterocycles. The molecule has 0 spiro atoms. The molecule has 0 saturated carbocycles. The van der Waals surface area contributed by atoms with Gasteiger partial charge in [0.25, 0.3) is 0 Å². The van der Waals surface area contributed by atoms with Crippen LogP contribution >= 0.6 is 0 Å². The van der Waals surface area contributed by atoms with Crippen LogP contribution in [0.2, 0.25) is 0 Å². The molecule has 0 bridgehead atoms. The van der Waals surface area contributed by atoms with Crippen LogP contribution in [-0.2, 0) is 4.74 Å². The van der Waals surface area contributed by atoms with E-state index in [-0.39, 0.29) is 0 Å². The fourth-order valence-electron chi connectivity index (χ4n) is 3.01. The molecule has 1 fully saturated rings. The Morgan fingerprint density at radius 1 is 1.37 bits per heavy atom. The highest BCUT2D eigenvalue weighted by atomic mass is 16.5. The number of rotatable bonds is 4. The second-order valence-corrected chi connectivity index (χ2v) is 5.63. The Morgan fingerprint density at radius 3 is 2.95 bits per heavy atom. The van der Waals surface area contributed by atoms with E-state index in [9.17, 15) is 0 Å². The van der Waals surface area contributed by atoms with Gasteiger partial charge in [0.2, 0.25) is 0 Å². The lowest BCUT2D eigenvalue weighted by Gasteiger charge is -2.25. The van der Waals surface area contributed by atoms with Gasteiger partial charge in [0.05, 0.1) is 6.61 Å². The summed E-state index contributed by atoms with van der Waals surface area (Å²) < 4.78 is 5.25. The number of nitrogens with zero attached hydrogens (tertiary/aromatic N) is 2. The molecule has 2 aliphatic rings. The van der Waals surface area contributed by atoms with Crippen molar-refractivity contribution in [2.45, 2.75) is 25.7 Å². The Bertz CT molecular complexity index is 327. The summed E-state index contributed by atoms with van der Waals surface area (Å²) in [6.07, 6.45) is 9.54. The van der Waals surface area contributed by atoms with Crippen molar-refractivity contribution in [1.29, 1.82) is 0 Å². The molecule has 4 nitrogen and oxygen atoms in total. The molecule has 0 amide bonds. The second kappa shape index (κ2) is 7.53. The first-order valence-electron chi connectivity index (χ1n) is 7.43. The lowest BCUT2D eigenvalue weighted by atomic mass is 9.94. The molecule has 0 aromatic heterocycles. The minimum atomic E-state index is 0.654. The van der Waals surface area contributed by atoms with Crippen LogP contribution in [0.3, 0.4) is 0 Å². The van der Waals surface area contributed by atoms with E-state index < -0.39 is 0 Å². The number of methoxy groups -OCH3 is 1. The predicted octanol–water partition coefficient (Wildman–Crippen LogP) is 1.89. The molecular formula is C15H27N3O. The van der Waals surface area contributed by atoms with Crippen molar-refractivity contribution in [1.82, 2.24) is 10.2 Å². The SMILES string of the molecule is CN=C(NCC1CC=CCC1)N1CCC(COC)C1. The first-order valence-corrected chi connectivity index (χ1v) is 7.43. The van der Waals surface area contributed by atoms with Crippen LogP contribution in [0.1, 0.15) is 25.7 Å². The van der Waals surface area contributed by atoms with Crippen LogP contribution < -0.4 is 5.32 Å². The molecule has 0 radical (unpaired) electrons. The molecule has 1 heterocycles. The predicted molar refractivity (Wildman–Crippen MR) is 79.4 cm³/mol. The van der Waals surface area contributed by atoms with Crippen molar-refractivity contribution in [3.8, 4) is 0 Å². The van der Waals surface area contributed by atoms with Crippen LogP contribution in [0.4, 0.5) is 0 Å². The number of guanidine groups is 1. The average molecular weight is 265 g/mol. The third-order valence-electron chi connectivity index (χ3n) is 4.13. The molecule has 1 aliphatic carbocycles. The highest BCUT2D eigenvalue weighted by Crippen LogP contribution is 2.18. The molecule has 1 N–H and O–H groups in total. The van der Waals surface area contributed by atoms with E-state index in [4.69, 9.17) is 4.74 Å². The number of hydrogen-bond acceptors (Lipinski definition) is 2. The minimum absolute atomic E-state index is 0.654. The highest BCUT2D eigenvalue weighted by molar-refractivity contribution is 5.80. The largest absolute Gasteiger partial charge is 0.384 e. The van der Waals surface area contributed by atoms with Crippen LogP contribution in [0.25, 0.3) is 0 Å². The second-order valence-electron chi connectivity index (χ2n) is 5.63. The molecule has 2 rings (SSSR count). The Hall–Kier alpha value is -1.03. The number of nitrogens with one attached hydrogen (secondary N) is 1. The van der Waals surface area contributed by atoms with Crippen molar-refractivity contribution in [2.75, 3.05) is 40.4 Å². The summed E-state index contributed by atoms with van der Waals surface area (Å²) in [4.78, 5) is 6.79. The quantitative estimate of drug-likeness (QED) is 0.479. The van der Waals surface area contributed by atoms with Gasteiger partial charge in [-0.2, -0.15) is 0 Å². The summed E-state index contributed by atoms with van der Waals surface area (Å²) in [5.74, 6) is 2.48. The molecule has 108 valence electrons. The number of likely N-dealkylation sites (tertiary alicyclic amines) is 1. The van der Waals surface area contributed by atoms with Gasteiger partial charge in [-0.15, -0.1) is 0 Å². The fourth-order valence-corrected chi connectivity index (χ4v) is 3.01. The minimum Gasteiger partial charge on any atom is -0.384 e. The molecule has 19 heavy (non-hydrogen) atoms. The van der Waals surface area contributed by atoms with Gasteiger partial charge in [0.15, 0.2) is 5.96 Å². The third-order valence-corrected chi connectivity index (χ3v) is 4.13. The van der Waals surface area contributed by atoms with Crippen LogP contribution in [0, 0.1) is 11.8 Å². The smallest absolute Gasteiger partial charge is 0.193 e. The van der Waals surface area contributed by atoms with Crippen molar-refractivity contribution < 1.29 is 4.74 Å². The monoisotopic (exact) mass is 265 g/mol. The molecule has 0 aromatic carbocycles. The lowest BCUT2D eigenvalue weighted by Crippen LogP contribution is -2.42. The Morgan fingerprint density at radius 2 is 2.26 bits per heavy atom. The zero-order chi connectivity index (χ0) is 13.5. The van der Waals surface area contributed by atoms with Crippen molar-refractivity contribution >= 4 is 5.96 Å². The standard InChI is InChI=1S/C15H27N3O/c1-16-15(17-10-13-6-4-3-5-7-13)18-9-8-14(11-18)12-19-2/h3-4,13-14H,5-12H2,1-2H3,(H,16,17). The molecule has 4 heteroatoms. The number of aliphatic imine (C=N–C) groups is 1. The van der Waals surface area contributed by atoms with Crippen LogP contribution in [0.5, 0.6) is 0 Å². The topological polar surface area (TPSA) is 36.9 Å². The van der Waals surface area contributed by atoms with E-state index in [2.05, 4.69) is 27.4 Å². The fraction of sp³-hybridized carbons (Fsp3) is 0.800. The number of allylic oxidation sites excluding steroid dienone is 2. The maximum Gasteiger partial charge on any atom is 0.193 e. The maximum absolute atomic E-state index is 5.25. The molecule has 2 unspecified atom stereocenters. The van der Waals surface area contributed by atoms with Gasteiger partial charge < -0.3 is 15.0 Å². The van der Waals surface area contributed by atoms with Gasteiger partial charge in [-0.25, -0.2) is 0 Å². The lowest BCUT2D eigenvalue weighted by molar-refractivity contribution is 0.157. The summed E-state index contributed by atoms with van der Waals surface area (Å²) in [5.41, 5.74) is 0. The third kappa shape index (κ3) is 4.23. The van der Waals surface area contributed by atoms with Gasteiger partial charge >= 0.3 is 0 Å². The maximum atomic E-state index is 5.25. The van der Waals surface area contributed by atoms with E-state index in [0.29, 0.717) is 5.92 Å². The summed E-state index contributed by atoms with van der Waals surface area (Å²) in [7, 11) is 3.67. The Kier molecular flexibility index (Phi) is 5.70. The van der Waals surface area contributed by atoms with Gasteiger partial charge in [0, 0.05) is 39.7 Å². The summed E-state index contributed by atoms with van der Waals surface area (Å²) in [5, 5.41) is 3.54. The van der Waals surface area contributed by atoms with E-state index >= 15 is 0 Å². The Labute approximate surface area is 116 Å². The number of ether oxygens (including phenoxy) is 1. The molecule has 2 atom stereocenters. The number of hydrogen-bond donors (Lipinski definition) is 1. The first kappa shape index (κ1) is 14.4. The zero-order valence-corrected chi connectivity index (χ0v) is 12.3.